The van der Waals surface area contributed by atoms with Gasteiger partial charge in [0.2, 0.25) is 5.91 Å². The van der Waals surface area contributed by atoms with E-state index in [9.17, 15) is 13.6 Å². The fraction of sp³-hybridized carbons (Fsp3) is 0.233. The van der Waals surface area contributed by atoms with Gasteiger partial charge in [-0.15, -0.1) is 0 Å². The first-order valence-corrected chi connectivity index (χ1v) is 13.5. The van der Waals surface area contributed by atoms with E-state index in [0.29, 0.717) is 34.4 Å². The number of aliphatic hydroxyl groups is 1. The first-order valence-electron chi connectivity index (χ1n) is 13.5. The molecule has 10 nitrogen and oxygen atoms in total. The van der Waals surface area contributed by atoms with Crippen LogP contribution in [0.25, 0.3) is 22.4 Å². The minimum atomic E-state index is -0.777. The number of halogens is 2. The molecule has 3 aromatic heterocycles. The standard InChI is InChI=1S/C30H27F2N7O3/c1-17(41)34-27-13-18(9-10-33-27)35-29-20-6-4-7-25(20)36-30(37-29)28-21-5-2-3-8-26(21)39(38-28)16-22-23(31)14-19(15-24(22)32)42-12-11-40/h2-3,5,8-10,13-15,40H,4,6-7,11-12,16H2,1H3,(H2,33,34,35,36,37,41). The van der Waals surface area contributed by atoms with Gasteiger partial charge in [-0.05, 0) is 31.4 Å². The topological polar surface area (TPSA) is 127 Å². The zero-order chi connectivity index (χ0) is 29.2. The number of carbonyl (C=O) groups excluding carboxylic acids is 1. The second-order valence-corrected chi connectivity index (χ2v) is 9.87. The van der Waals surface area contributed by atoms with Gasteiger partial charge in [-0.1, -0.05) is 18.2 Å². The predicted octanol–water partition coefficient (Wildman–Crippen LogP) is 4.78. The Kier molecular flexibility index (Phi) is 7.44. The minimum absolute atomic E-state index is 0.00113. The molecule has 214 valence electrons. The Hall–Kier alpha value is -4.97. The number of rotatable bonds is 9. The highest BCUT2D eigenvalue weighted by Gasteiger charge is 2.24. The highest BCUT2D eigenvalue weighted by atomic mass is 19.1. The smallest absolute Gasteiger partial charge is 0.222 e. The molecule has 2 aromatic carbocycles. The molecule has 0 bridgehead atoms. The summed E-state index contributed by atoms with van der Waals surface area (Å²) in [5, 5.41) is 20.4. The average molecular weight is 572 g/mol. The summed E-state index contributed by atoms with van der Waals surface area (Å²) in [6.45, 7) is 0.911. The molecule has 0 fully saturated rings. The molecule has 0 saturated carbocycles. The van der Waals surface area contributed by atoms with E-state index in [4.69, 9.17) is 24.9 Å². The van der Waals surface area contributed by atoms with Gasteiger partial charge in [0.25, 0.3) is 0 Å². The summed E-state index contributed by atoms with van der Waals surface area (Å²) in [7, 11) is 0. The van der Waals surface area contributed by atoms with Crippen LogP contribution in [0.5, 0.6) is 5.75 Å². The van der Waals surface area contributed by atoms with Crippen LogP contribution >= 0.6 is 0 Å². The third kappa shape index (κ3) is 5.48. The van der Waals surface area contributed by atoms with Gasteiger partial charge >= 0.3 is 0 Å². The number of amides is 1. The van der Waals surface area contributed by atoms with Gasteiger partial charge in [0, 0.05) is 59.2 Å². The van der Waals surface area contributed by atoms with Crippen LogP contribution in [0, 0.1) is 11.6 Å². The molecular weight excluding hydrogens is 544 g/mol. The second kappa shape index (κ2) is 11.5. The molecule has 0 atom stereocenters. The quantitative estimate of drug-likeness (QED) is 0.231. The van der Waals surface area contributed by atoms with E-state index < -0.39 is 11.6 Å². The van der Waals surface area contributed by atoms with Crippen LogP contribution in [0.2, 0.25) is 0 Å². The largest absolute Gasteiger partial charge is 0.491 e. The van der Waals surface area contributed by atoms with Gasteiger partial charge in [-0.25, -0.2) is 23.7 Å². The van der Waals surface area contributed by atoms with Gasteiger partial charge in [0.15, 0.2) is 5.82 Å². The van der Waals surface area contributed by atoms with E-state index in [0.717, 1.165) is 48.0 Å². The van der Waals surface area contributed by atoms with Crippen LogP contribution in [0.1, 0.15) is 30.2 Å². The zero-order valence-corrected chi connectivity index (χ0v) is 22.7. The maximum absolute atomic E-state index is 15.0. The maximum atomic E-state index is 15.0. The molecule has 12 heteroatoms. The Morgan fingerprint density at radius 3 is 2.69 bits per heavy atom. The number of fused-ring (bicyclic) bond motifs is 2. The molecular formula is C30H27F2N7O3. The number of hydrogen-bond acceptors (Lipinski definition) is 8. The number of ether oxygens (including phenoxy) is 1. The number of aryl methyl sites for hydroxylation is 1. The Morgan fingerprint density at radius 1 is 1.10 bits per heavy atom. The van der Waals surface area contributed by atoms with Gasteiger partial charge in [0.05, 0.1) is 18.7 Å². The van der Waals surface area contributed by atoms with E-state index in [2.05, 4.69) is 15.6 Å². The van der Waals surface area contributed by atoms with E-state index in [-0.39, 0.29) is 37.0 Å². The number of hydrogen-bond donors (Lipinski definition) is 3. The molecule has 1 aliphatic rings. The lowest BCUT2D eigenvalue weighted by Gasteiger charge is -2.12. The summed E-state index contributed by atoms with van der Waals surface area (Å²) in [5.74, 6) is -0.354. The predicted molar refractivity (Wildman–Crippen MR) is 153 cm³/mol. The number of nitrogens with zero attached hydrogens (tertiary/aromatic N) is 5. The summed E-state index contributed by atoms with van der Waals surface area (Å²) in [4.78, 5) is 25.4. The Morgan fingerprint density at radius 2 is 1.90 bits per heavy atom. The fourth-order valence-corrected chi connectivity index (χ4v) is 5.08. The third-order valence-corrected chi connectivity index (χ3v) is 6.91. The van der Waals surface area contributed by atoms with E-state index >= 15 is 0 Å². The van der Waals surface area contributed by atoms with Crippen LogP contribution in [0.15, 0.2) is 54.7 Å². The number of carbonyl (C=O) groups is 1. The summed E-state index contributed by atoms with van der Waals surface area (Å²) in [5.41, 5.74) is 3.59. The van der Waals surface area contributed by atoms with Crippen molar-refractivity contribution in [3.8, 4) is 17.3 Å². The van der Waals surface area contributed by atoms with Gasteiger partial charge in [-0.3, -0.25) is 9.48 Å². The van der Waals surface area contributed by atoms with E-state index in [1.165, 1.54) is 11.6 Å². The van der Waals surface area contributed by atoms with Crippen molar-refractivity contribution in [2.24, 2.45) is 0 Å². The number of pyridine rings is 1. The molecule has 1 aliphatic carbocycles. The first kappa shape index (κ1) is 27.2. The zero-order valence-electron chi connectivity index (χ0n) is 22.7. The summed E-state index contributed by atoms with van der Waals surface area (Å²) in [6.07, 6.45) is 4.12. The highest BCUT2D eigenvalue weighted by molar-refractivity contribution is 5.92. The molecule has 0 radical (unpaired) electrons. The van der Waals surface area contributed by atoms with Crippen molar-refractivity contribution in [3.63, 3.8) is 0 Å². The van der Waals surface area contributed by atoms with Crippen molar-refractivity contribution in [1.29, 1.82) is 0 Å². The van der Waals surface area contributed by atoms with Crippen molar-refractivity contribution in [3.05, 3.63) is 83.2 Å². The molecule has 0 unspecified atom stereocenters. The van der Waals surface area contributed by atoms with Gasteiger partial charge < -0.3 is 20.5 Å². The second-order valence-electron chi connectivity index (χ2n) is 9.87. The molecule has 0 saturated heterocycles. The van der Waals surface area contributed by atoms with Gasteiger partial charge in [-0.2, -0.15) is 5.10 Å². The van der Waals surface area contributed by atoms with Crippen molar-refractivity contribution in [2.45, 2.75) is 32.7 Å². The lowest BCUT2D eigenvalue weighted by molar-refractivity contribution is -0.114. The molecule has 3 heterocycles. The van der Waals surface area contributed by atoms with Crippen LogP contribution in [-0.4, -0.2) is 49.0 Å². The normalized spacial score (nSPS) is 12.4. The molecule has 0 spiro atoms. The number of aliphatic hydroxyl groups excluding tert-OH is 1. The SMILES string of the molecule is CC(=O)Nc1cc(Nc2nc(-c3nn(Cc4c(F)cc(OCCO)cc4F)c4ccccc34)nc3c2CCC3)ccn1. The van der Waals surface area contributed by atoms with Gasteiger partial charge in [0.1, 0.15) is 41.3 Å². The average Bonchev–Trinajstić information content (AvgIpc) is 3.59. The molecule has 1 amide bonds. The van der Waals surface area contributed by atoms with E-state index in [1.54, 1.807) is 18.3 Å². The maximum Gasteiger partial charge on any atom is 0.222 e. The molecule has 42 heavy (non-hydrogen) atoms. The monoisotopic (exact) mass is 571 g/mol. The lowest BCUT2D eigenvalue weighted by atomic mass is 10.1. The van der Waals surface area contributed by atoms with Crippen molar-refractivity contribution >= 4 is 34.1 Å². The van der Waals surface area contributed by atoms with Crippen LogP contribution in [-0.2, 0) is 24.2 Å². The van der Waals surface area contributed by atoms with Crippen molar-refractivity contribution in [1.82, 2.24) is 24.7 Å². The molecule has 0 aliphatic heterocycles. The van der Waals surface area contributed by atoms with Crippen molar-refractivity contribution < 1.29 is 23.4 Å². The third-order valence-electron chi connectivity index (χ3n) is 6.91. The Labute approximate surface area is 239 Å². The number of benzene rings is 2. The number of nitrogens with one attached hydrogen (secondary N) is 2. The van der Waals surface area contributed by atoms with Crippen LogP contribution in [0.4, 0.5) is 26.1 Å². The summed E-state index contributed by atoms with van der Waals surface area (Å²) >= 11 is 0. The molecule has 5 aromatic rings. The fourth-order valence-electron chi connectivity index (χ4n) is 5.08. The first-order chi connectivity index (χ1) is 20.4. The Bertz CT molecular complexity index is 1780. The van der Waals surface area contributed by atoms with Crippen LogP contribution < -0.4 is 15.4 Å². The number of anilines is 3. The highest BCUT2D eigenvalue weighted by Crippen LogP contribution is 2.34. The summed E-state index contributed by atoms with van der Waals surface area (Å²) < 4.78 is 36.7. The Balaban J connectivity index is 1.38. The molecule has 3 N–H and O–H groups in total. The lowest BCUT2D eigenvalue weighted by Crippen LogP contribution is -2.09. The van der Waals surface area contributed by atoms with Crippen LogP contribution in [0.3, 0.4) is 0 Å². The number of para-hydroxylation sites is 1. The summed E-state index contributed by atoms with van der Waals surface area (Å²) in [6, 6.07) is 13.1. The van der Waals surface area contributed by atoms with E-state index in [1.807, 2.05) is 24.3 Å². The minimum Gasteiger partial charge on any atom is -0.491 e. The molecule has 6 rings (SSSR count). The number of aromatic nitrogens is 5. The van der Waals surface area contributed by atoms with Crippen molar-refractivity contribution in [2.75, 3.05) is 23.8 Å².